The van der Waals surface area contributed by atoms with E-state index in [9.17, 15) is 9.59 Å². The summed E-state index contributed by atoms with van der Waals surface area (Å²) < 4.78 is 10.5. The molecule has 31 heavy (non-hydrogen) atoms. The van der Waals surface area contributed by atoms with Gasteiger partial charge in [0.25, 0.3) is 0 Å². The summed E-state index contributed by atoms with van der Waals surface area (Å²) in [6, 6.07) is 13.2. The van der Waals surface area contributed by atoms with Gasteiger partial charge in [0.15, 0.2) is 16.7 Å². The number of anilines is 1. The Bertz CT molecular complexity index is 1020. The van der Waals surface area contributed by atoms with Gasteiger partial charge in [-0.2, -0.15) is 0 Å². The summed E-state index contributed by atoms with van der Waals surface area (Å²) in [5.41, 5.74) is 2.55. The number of ether oxygens (including phenoxy) is 2. The molecule has 0 aromatic heterocycles. The molecule has 2 aromatic rings. The van der Waals surface area contributed by atoms with Gasteiger partial charge in [0.05, 0.1) is 19.9 Å². The minimum Gasteiger partial charge on any atom is -0.493 e. The summed E-state index contributed by atoms with van der Waals surface area (Å²) in [4.78, 5) is 32.2. The molecule has 1 atom stereocenters. The van der Waals surface area contributed by atoms with Crippen LogP contribution in [0.3, 0.4) is 0 Å². The second-order valence-corrected chi connectivity index (χ2v) is 8.77. The number of aliphatic imine (C=N–C) groups is 1. The highest BCUT2D eigenvalue weighted by atomic mass is 32.2. The second-order valence-electron chi connectivity index (χ2n) is 7.60. The third-order valence-electron chi connectivity index (χ3n) is 5.18. The molecular weight excluding hydrogens is 414 g/mol. The largest absolute Gasteiger partial charge is 0.493 e. The van der Waals surface area contributed by atoms with Crippen molar-refractivity contribution in [1.29, 1.82) is 0 Å². The number of nitrogens with one attached hydrogen (secondary N) is 1. The van der Waals surface area contributed by atoms with Crippen LogP contribution >= 0.6 is 11.8 Å². The van der Waals surface area contributed by atoms with Crippen molar-refractivity contribution in [2.75, 3.05) is 19.5 Å². The predicted octanol–water partition coefficient (Wildman–Crippen LogP) is 4.13. The molecule has 2 fully saturated rings. The van der Waals surface area contributed by atoms with E-state index in [-0.39, 0.29) is 24.3 Å². The maximum atomic E-state index is 13.0. The van der Waals surface area contributed by atoms with Gasteiger partial charge in [-0.3, -0.25) is 14.5 Å². The normalized spacial score (nSPS) is 19.6. The zero-order chi connectivity index (χ0) is 22.0. The van der Waals surface area contributed by atoms with E-state index < -0.39 is 5.25 Å². The highest BCUT2D eigenvalue weighted by Crippen LogP contribution is 2.39. The van der Waals surface area contributed by atoms with Gasteiger partial charge in [0.2, 0.25) is 11.8 Å². The average molecular weight is 440 g/mol. The molecule has 1 heterocycles. The Hall–Kier alpha value is -3.00. The smallest absolute Gasteiger partial charge is 0.242 e. The molecule has 1 saturated carbocycles. The van der Waals surface area contributed by atoms with Crippen molar-refractivity contribution >= 4 is 40.1 Å². The van der Waals surface area contributed by atoms with E-state index in [4.69, 9.17) is 14.5 Å². The molecule has 8 heteroatoms. The summed E-state index contributed by atoms with van der Waals surface area (Å²) in [5.74, 6) is 0.837. The minimum atomic E-state index is -0.482. The highest BCUT2D eigenvalue weighted by molar-refractivity contribution is 8.15. The van der Waals surface area contributed by atoms with Crippen molar-refractivity contribution in [3.8, 4) is 11.5 Å². The fraction of sp³-hybridized carbons (Fsp3) is 0.348. The van der Waals surface area contributed by atoms with Gasteiger partial charge in [-0.05, 0) is 44.0 Å². The molecule has 2 aliphatic rings. The maximum absolute atomic E-state index is 13.0. The van der Waals surface area contributed by atoms with Crippen LogP contribution in [0.15, 0.2) is 47.5 Å². The van der Waals surface area contributed by atoms with E-state index in [0.29, 0.717) is 22.4 Å². The molecule has 1 N–H and O–H groups in total. The van der Waals surface area contributed by atoms with Crippen molar-refractivity contribution in [3.63, 3.8) is 0 Å². The van der Waals surface area contributed by atoms with E-state index in [0.717, 1.165) is 24.1 Å². The Morgan fingerprint density at radius 2 is 1.84 bits per heavy atom. The number of nitrogens with zero attached hydrogens (tertiary/aromatic N) is 2. The van der Waals surface area contributed by atoms with Gasteiger partial charge in [0.1, 0.15) is 5.25 Å². The van der Waals surface area contributed by atoms with Crippen molar-refractivity contribution < 1.29 is 19.1 Å². The van der Waals surface area contributed by atoms with E-state index >= 15 is 0 Å². The quantitative estimate of drug-likeness (QED) is 0.702. The topological polar surface area (TPSA) is 80.2 Å². The standard InChI is InChI=1S/C23H25N3O4S/c1-14-4-6-15(7-5-14)25-23-26(17-9-10-17)22(28)20(31-23)13-21(27)24-16-8-11-18(29-2)19(12-16)30-3/h4-8,11-12,17,20H,9-10,13H2,1-3H3,(H,24,27)/t20-/m0/s1. The summed E-state index contributed by atoms with van der Waals surface area (Å²) >= 11 is 1.37. The van der Waals surface area contributed by atoms with E-state index in [2.05, 4.69) is 5.32 Å². The number of rotatable bonds is 7. The van der Waals surface area contributed by atoms with Crippen molar-refractivity contribution in [3.05, 3.63) is 48.0 Å². The zero-order valence-electron chi connectivity index (χ0n) is 17.8. The van der Waals surface area contributed by atoms with Crippen LogP contribution in [-0.2, 0) is 9.59 Å². The molecule has 0 unspecified atom stereocenters. The third-order valence-corrected chi connectivity index (χ3v) is 6.33. The number of carbonyl (C=O) groups is 2. The fourth-order valence-corrected chi connectivity index (χ4v) is 4.60. The highest BCUT2D eigenvalue weighted by Gasteiger charge is 2.46. The van der Waals surface area contributed by atoms with Crippen LogP contribution in [0.2, 0.25) is 0 Å². The van der Waals surface area contributed by atoms with Crippen LogP contribution in [0.4, 0.5) is 11.4 Å². The fourth-order valence-electron chi connectivity index (χ4n) is 3.39. The number of amidine groups is 1. The molecule has 4 rings (SSSR count). The van der Waals surface area contributed by atoms with Crippen molar-refractivity contribution in [1.82, 2.24) is 4.90 Å². The van der Waals surface area contributed by atoms with Gasteiger partial charge >= 0.3 is 0 Å². The van der Waals surface area contributed by atoms with Crippen LogP contribution in [0.5, 0.6) is 11.5 Å². The van der Waals surface area contributed by atoms with Gasteiger partial charge in [-0.25, -0.2) is 4.99 Å². The van der Waals surface area contributed by atoms with Crippen molar-refractivity contribution in [2.45, 2.75) is 37.5 Å². The van der Waals surface area contributed by atoms with E-state index in [1.54, 1.807) is 37.3 Å². The molecule has 0 bridgehead atoms. The van der Waals surface area contributed by atoms with E-state index in [1.165, 1.54) is 11.8 Å². The monoisotopic (exact) mass is 439 g/mol. The van der Waals surface area contributed by atoms with Gasteiger partial charge in [0, 0.05) is 24.2 Å². The first-order chi connectivity index (χ1) is 15.0. The molecule has 0 radical (unpaired) electrons. The van der Waals surface area contributed by atoms with Crippen LogP contribution < -0.4 is 14.8 Å². The first-order valence-corrected chi connectivity index (χ1v) is 11.0. The number of amides is 2. The Kier molecular flexibility index (Phi) is 6.18. The Morgan fingerprint density at radius 3 is 2.48 bits per heavy atom. The SMILES string of the molecule is COc1ccc(NC(=O)C[C@@H]2SC(=Nc3ccc(C)cc3)N(C3CC3)C2=O)cc1OC. The van der Waals surface area contributed by atoms with Crippen LogP contribution in [0, 0.1) is 6.92 Å². The van der Waals surface area contributed by atoms with E-state index in [1.807, 2.05) is 31.2 Å². The molecule has 2 aromatic carbocycles. The number of aryl methyl sites for hydroxylation is 1. The van der Waals surface area contributed by atoms with Crippen LogP contribution in [-0.4, -0.2) is 47.4 Å². The predicted molar refractivity (Wildman–Crippen MR) is 122 cm³/mol. The Balaban J connectivity index is 1.46. The summed E-state index contributed by atoms with van der Waals surface area (Å²) in [6.45, 7) is 2.02. The number of hydrogen-bond acceptors (Lipinski definition) is 6. The molecule has 0 spiro atoms. The average Bonchev–Trinajstić information content (AvgIpc) is 3.55. The first kappa shape index (κ1) is 21.2. The third kappa shape index (κ3) is 4.85. The number of hydrogen-bond donors (Lipinski definition) is 1. The molecule has 2 amide bonds. The Morgan fingerprint density at radius 1 is 1.13 bits per heavy atom. The lowest BCUT2D eigenvalue weighted by Crippen LogP contribution is -2.35. The lowest BCUT2D eigenvalue weighted by atomic mass is 10.2. The molecule has 7 nitrogen and oxygen atoms in total. The minimum absolute atomic E-state index is 0.0409. The maximum Gasteiger partial charge on any atom is 0.242 e. The molecule has 1 saturated heterocycles. The molecule has 162 valence electrons. The summed E-state index contributed by atoms with van der Waals surface area (Å²) in [7, 11) is 3.10. The van der Waals surface area contributed by atoms with Crippen LogP contribution in [0.1, 0.15) is 24.8 Å². The lowest BCUT2D eigenvalue weighted by molar-refractivity contribution is -0.128. The number of carbonyl (C=O) groups excluding carboxylic acids is 2. The zero-order valence-corrected chi connectivity index (χ0v) is 18.6. The number of benzene rings is 2. The second kappa shape index (κ2) is 9.01. The first-order valence-electron chi connectivity index (χ1n) is 10.2. The summed E-state index contributed by atoms with van der Waals surface area (Å²) in [5, 5.41) is 3.05. The number of thioether (sulfide) groups is 1. The molecule has 1 aliphatic heterocycles. The number of methoxy groups -OCH3 is 2. The molecule has 1 aliphatic carbocycles. The van der Waals surface area contributed by atoms with Gasteiger partial charge in [-0.1, -0.05) is 29.5 Å². The van der Waals surface area contributed by atoms with Crippen LogP contribution in [0.25, 0.3) is 0 Å². The molecular formula is C23H25N3O4S. The van der Waals surface area contributed by atoms with Gasteiger partial charge in [-0.15, -0.1) is 0 Å². The van der Waals surface area contributed by atoms with Gasteiger partial charge < -0.3 is 14.8 Å². The lowest BCUT2D eigenvalue weighted by Gasteiger charge is -2.15. The van der Waals surface area contributed by atoms with Crippen molar-refractivity contribution in [2.24, 2.45) is 4.99 Å². The summed E-state index contributed by atoms with van der Waals surface area (Å²) in [6.07, 6.45) is 2.03. The Labute approximate surface area is 185 Å².